The van der Waals surface area contributed by atoms with Gasteiger partial charge in [-0.3, -0.25) is 0 Å². The monoisotopic (exact) mass is 226 g/mol. The van der Waals surface area contributed by atoms with Crippen molar-refractivity contribution in [2.75, 3.05) is 6.54 Å². The number of aryl methyl sites for hydroxylation is 2. The van der Waals surface area contributed by atoms with Gasteiger partial charge in [0.1, 0.15) is 5.01 Å². The van der Waals surface area contributed by atoms with Crippen LogP contribution in [0.2, 0.25) is 0 Å². The van der Waals surface area contributed by atoms with E-state index in [-0.39, 0.29) is 0 Å². The smallest absolute Gasteiger partial charge is 0.107 e. The highest BCUT2D eigenvalue weighted by molar-refractivity contribution is 7.11. The average molecular weight is 226 g/mol. The van der Waals surface area contributed by atoms with Gasteiger partial charge in [-0.15, -0.1) is 11.3 Å². The molecule has 0 saturated heterocycles. The standard InChI is InChI=1S/C12H22N2S/c1-5-10-11(6-2)15-12(14-10)8-13-7-9(3)4/h9,13H,5-8H2,1-4H3. The molecule has 0 saturated carbocycles. The summed E-state index contributed by atoms with van der Waals surface area (Å²) in [5.41, 5.74) is 1.30. The Bertz CT molecular complexity index is 270. The van der Waals surface area contributed by atoms with E-state index in [0.29, 0.717) is 5.92 Å². The topological polar surface area (TPSA) is 24.9 Å². The van der Waals surface area contributed by atoms with Gasteiger partial charge in [-0.05, 0) is 25.3 Å². The van der Waals surface area contributed by atoms with Crippen molar-refractivity contribution >= 4 is 11.3 Å². The van der Waals surface area contributed by atoms with E-state index in [2.05, 4.69) is 38.0 Å². The zero-order valence-electron chi connectivity index (χ0n) is 10.3. The molecule has 1 rings (SSSR count). The maximum atomic E-state index is 4.65. The first-order valence-corrected chi connectivity index (χ1v) is 6.67. The van der Waals surface area contributed by atoms with Crippen LogP contribution in [0, 0.1) is 5.92 Å². The van der Waals surface area contributed by atoms with Gasteiger partial charge in [0.25, 0.3) is 0 Å². The predicted octanol–water partition coefficient (Wildman–Crippen LogP) is 3.01. The van der Waals surface area contributed by atoms with Crippen molar-refractivity contribution < 1.29 is 0 Å². The van der Waals surface area contributed by atoms with E-state index in [1.54, 1.807) is 0 Å². The van der Waals surface area contributed by atoms with Gasteiger partial charge in [-0.1, -0.05) is 27.7 Å². The van der Waals surface area contributed by atoms with Crippen LogP contribution in [0.25, 0.3) is 0 Å². The van der Waals surface area contributed by atoms with Crippen LogP contribution >= 0.6 is 11.3 Å². The molecule has 3 heteroatoms. The molecule has 1 N–H and O–H groups in total. The van der Waals surface area contributed by atoms with Crippen molar-refractivity contribution in [3.8, 4) is 0 Å². The second-order valence-corrected chi connectivity index (χ2v) is 5.38. The Labute approximate surface area is 97.1 Å². The number of rotatable bonds is 6. The number of nitrogens with zero attached hydrogens (tertiary/aromatic N) is 1. The summed E-state index contributed by atoms with van der Waals surface area (Å²) in [5.74, 6) is 0.709. The van der Waals surface area contributed by atoms with E-state index < -0.39 is 0 Å². The van der Waals surface area contributed by atoms with Gasteiger partial charge in [-0.2, -0.15) is 0 Å². The van der Waals surface area contributed by atoms with Crippen LogP contribution in [0.3, 0.4) is 0 Å². The molecule has 0 atom stereocenters. The first-order chi connectivity index (χ1) is 7.17. The first kappa shape index (κ1) is 12.7. The number of hydrogen-bond acceptors (Lipinski definition) is 3. The normalized spacial score (nSPS) is 11.3. The molecule has 2 nitrogen and oxygen atoms in total. The van der Waals surface area contributed by atoms with Gasteiger partial charge in [0.2, 0.25) is 0 Å². The third-order valence-electron chi connectivity index (χ3n) is 2.31. The minimum atomic E-state index is 0.709. The van der Waals surface area contributed by atoms with Crippen LogP contribution < -0.4 is 5.32 Å². The Morgan fingerprint density at radius 2 is 2.00 bits per heavy atom. The molecular formula is C12H22N2S. The Hall–Kier alpha value is -0.410. The lowest BCUT2D eigenvalue weighted by Crippen LogP contribution is -2.18. The Balaban J connectivity index is 2.51. The van der Waals surface area contributed by atoms with Gasteiger partial charge in [0, 0.05) is 11.4 Å². The van der Waals surface area contributed by atoms with Gasteiger partial charge >= 0.3 is 0 Å². The zero-order chi connectivity index (χ0) is 11.3. The molecule has 0 bridgehead atoms. The van der Waals surface area contributed by atoms with Gasteiger partial charge in [0.05, 0.1) is 5.69 Å². The summed E-state index contributed by atoms with van der Waals surface area (Å²) in [6, 6.07) is 0. The molecule has 1 aromatic rings. The number of hydrogen-bond donors (Lipinski definition) is 1. The summed E-state index contributed by atoms with van der Waals surface area (Å²) < 4.78 is 0. The summed E-state index contributed by atoms with van der Waals surface area (Å²) in [5, 5.41) is 4.68. The molecule has 1 heterocycles. The van der Waals surface area contributed by atoms with Crippen molar-refractivity contribution in [1.29, 1.82) is 0 Å². The van der Waals surface area contributed by atoms with Gasteiger partial charge in [-0.25, -0.2) is 4.98 Å². The van der Waals surface area contributed by atoms with E-state index in [1.165, 1.54) is 15.6 Å². The summed E-state index contributed by atoms with van der Waals surface area (Å²) in [6.45, 7) is 10.8. The minimum absolute atomic E-state index is 0.709. The molecule has 0 amide bonds. The van der Waals surface area contributed by atoms with Crippen molar-refractivity contribution in [3.05, 3.63) is 15.6 Å². The van der Waals surface area contributed by atoms with Crippen LogP contribution in [0.15, 0.2) is 0 Å². The lowest BCUT2D eigenvalue weighted by molar-refractivity contribution is 0.551. The second kappa shape index (κ2) is 6.23. The lowest BCUT2D eigenvalue weighted by Gasteiger charge is -2.04. The molecule has 0 aliphatic rings. The lowest BCUT2D eigenvalue weighted by atomic mass is 10.2. The molecular weight excluding hydrogens is 204 g/mol. The quantitative estimate of drug-likeness (QED) is 0.806. The fourth-order valence-corrected chi connectivity index (χ4v) is 2.60. The summed E-state index contributed by atoms with van der Waals surface area (Å²) in [7, 11) is 0. The van der Waals surface area contributed by atoms with Crippen molar-refractivity contribution in [2.45, 2.75) is 47.1 Å². The number of nitrogens with one attached hydrogen (secondary N) is 1. The van der Waals surface area contributed by atoms with Crippen molar-refractivity contribution in [1.82, 2.24) is 10.3 Å². The van der Waals surface area contributed by atoms with Crippen LogP contribution in [-0.4, -0.2) is 11.5 Å². The number of aromatic nitrogens is 1. The largest absolute Gasteiger partial charge is 0.310 e. The van der Waals surface area contributed by atoms with E-state index in [4.69, 9.17) is 0 Å². The van der Waals surface area contributed by atoms with Crippen LogP contribution in [-0.2, 0) is 19.4 Å². The Morgan fingerprint density at radius 1 is 1.27 bits per heavy atom. The SMILES string of the molecule is CCc1nc(CNCC(C)C)sc1CC. The predicted molar refractivity (Wildman–Crippen MR) is 67.4 cm³/mol. The fourth-order valence-electron chi connectivity index (χ4n) is 1.53. The third kappa shape index (κ3) is 3.92. The Kier molecular flexibility index (Phi) is 5.26. The van der Waals surface area contributed by atoms with E-state index >= 15 is 0 Å². The van der Waals surface area contributed by atoms with Crippen LogP contribution in [0.1, 0.15) is 43.3 Å². The highest BCUT2D eigenvalue weighted by Gasteiger charge is 2.07. The molecule has 0 aromatic carbocycles. The summed E-state index contributed by atoms with van der Waals surface area (Å²) in [4.78, 5) is 6.11. The van der Waals surface area contributed by atoms with E-state index in [0.717, 1.165) is 25.9 Å². The summed E-state index contributed by atoms with van der Waals surface area (Å²) >= 11 is 1.86. The highest BCUT2D eigenvalue weighted by Crippen LogP contribution is 2.19. The van der Waals surface area contributed by atoms with Crippen molar-refractivity contribution in [2.24, 2.45) is 5.92 Å². The Morgan fingerprint density at radius 3 is 2.47 bits per heavy atom. The van der Waals surface area contributed by atoms with Crippen molar-refractivity contribution in [3.63, 3.8) is 0 Å². The molecule has 0 aliphatic carbocycles. The molecule has 0 radical (unpaired) electrons. The van der Waals surface area contributed by atoms with E-state index in [9.17, 15) is 0 Å². The maximum Gasteiger partial charge on any atom is 0.107 e. The molecule has 0 fully saturated rings. The van der Waals surface area contributed by atoms with Gasteiger partial charge in [0.15, 0.2) is 0 Å². The maximum absolute atomic E-state index is 4.65. The second-order valence-electron chi connectivity index (χ2n) is 4.21. The molecule has 1 aromatic heterocycles. The molecule has 0 spiro atoms. The third-order valence-corrected chi connectivity index (χ3v) is 3.55. The molecule has 0 aliphatic heterocycles. The van der Waals surface area contributed by atoms with Gasteiger partial charge < -0.3 is 5.32 Å². The first-order valence-electron chi connectivity index (χ1n) is 5.85. The summed E-state index contributed by atoms with van der Waals surface area (Å²) in [6.07, 6.45) is 2.18. The average Bonchev–Trinajstić information content (AvgIpc) is 2.59. The minimum Gasteiger partial charge on any atom is -0.310 e. The molecule has 0 unspecified atom stereocenters. The number of thiazole rings is 1. The fraction of sp³-hybridized carbons (Fsp3) is 0.750. The molecule has 86 valence electrons. The van der Waals surface area contributed by atoms with E-state index in [1.807, 2.05) is 11.3 Å². The van der Waals surface area contributed by atoms with Crippen LogP contribution in [0.4, 0.5) is 0 Å². The van der Waals surface area contributed by atoms with Crippen LogP contribution in [0.5, 0.6) is 0 Å². The highest BCUT2D eigenvalue weighted by atomic mass is 32.1. The molecule has 15 heavy (non-hydrogen) atoms. The zero-order valence-corrected chi connectivity index (χ0v) is 11.1.